The van der Waals surface area contributed by atoms with Crippen LogP contribution in [0.5, 0.6) is 5.75 Å². The highest BCUT2D eigenvalue weighted by atomic mass is 16.5. The molecule has 0 radical (unpaired) electrons. The van der Waals surface area contributed by atoms with E-state index in [1.807, 2.05) is 18.2 Å². The molecular weight excluding hydrogens is 212 g/mol. The first-order valence-electron chi connectivity index (χ1n) is 6.33. The summed E-state index contributed by atoms with van der Waals surface area (Å²) in [5, 5.41) is 0. The van der Waals surface area contributed by atoms with E-state index in [1.165, 1.54) is 31.4 Å². The Bertz CT molecular complexity index is 378. The third-order valence-electron chi connectivity index (χ3n) is 3.72. The summed E-state index contributed by atoms with van der Waals surface area (Å²) in [5.41, 5.74) is 7.88. The Kier molecular flexibility index (Phi) is 3.89. The van der Waals surface area contributed by atoms with Crippen LogP contribution < -0.4 is 10.5 Å². The highest BCUT2D eigenvalue weighted by molar-refractivity contribution is 5.47. The van der Waals surface area contributed by atoms with Crippen molar-refractivity contribution in [3.05, 3.63) is 23.8 Å². The Labute approximate surface area is 104 Å². The fourth-order valence-electron chi connectivity index (χ4n) is 2.66. The molecule has 1 fully saturated rings. The number of nitrogen functional groups attached to an aromatic ring is 1. The van der Waals surface area contributed by atoms with Crippen LogP contribution in [0.1, 0.15) is 24.8 Å². The highest BCUT2D eigenvalue weighted by Crippen LogP contribution is 2.25. The fraction of sp³-hybridized carbons (Fsp3) is 0.571. The van der Waals surface area contributed by atoms with Gasteiger partial charge in [-0.3, -0.25) is 0 Å². The highest BCUT2D eigenvalue weighted by Gasteiger charge is 2.20. The summed E-state index contributed by atoms with van der Waals surface area (Å²) in [7, 11) is 3.94. The van der Waals surface area contributed by atoms with Gasteiger partial charge in [0.2, 0.25) is 0 Å². The van der Waals surface area contributed by atoms with E-state index in [9.17, 15) is 0 Å². The van der Waals surface area contributed by atoms with Gasteiger partial charge in [-0.1, -0.05) is 0 Å². The number of likely N-dealkylation sites (tertiary alicyclic amines) is 1. The van der Waals surface area contributed by atoms with E-state index in [2.05, 4.69) is 11.9 Å². The molecule has 1 aliphatic heterocycles. The summed E-state index contributed by atoms with van der Waals surface area (Å²) in [5.74, 6) is 0.958. The second kappa shape index (κ2) is 5.41. The molecule has 1 atom stereocenters. The van der Waals surface area contributed by atoms with Gasteiger partial charge in [0, 0.05) is 11.7 Å². The van der Waals surface area contributed by atoms with Crippen molar-refractivity contribution in [2.75, 3.05) is 26.4 Å². The Morgan fingerprint density at radius 1 is 1.47 bits per heavy atom. The Morgan fingerprint density at radius 3 is 2.94 bits per heavy atom. The third kappa shape index (κ3) is 2.91. The largest absolute Gasteiger partial charge is 0.496 e. The van der Waals surface area contributed by atoms with Crippen LogP contribution in [0.4, 0.5) is 5.69 Å². The van der Waals surface area contributed by atoms with Crippen LogP contribution in [-0.2, 0) is 6.42 Å². The van der Waals surface area contributed by atoms with Crippen molar-refractivity contribution < 1.29 is 4.74 Å². The van der Waals surface area contributed by atoms with Gasteiger partial charge in [-0.15, -0.1) is 0 Å². The first-order valence-corrected chi connectivity index (χ1v) is 6.33. The summed E-state index contributed by atoms with van der Waals surface area (Å²) < 4.78 is 5.37. The van der Waals surface area contributed by atoms with E-state index in [4.69, 9.17) is 10.5 Å². The monoisotopic (exact) mass is 234 g/mol. The lowest BCUT2D eigenvalue weighted by atomic mass is 10.0. The van der Waals surface area contributed by atoms with Crippen molar-refractivity contribution in [1.29, 1.82) is 0 Å². The molecule has 1 aliphatic rings. The molecule has 0 aliphatic carbocycles. The number of aryl methyl sites for hydroxylation is 1. The molecule has 1 heterocycles. The quantitative estimate of drug-likeness (QED) is 0.812. The lowest BCUT2D eigenvalue weighted by molar-refractivity contribution is 0.295. The van der Waals surface area contributed by atoms with Crippen LogP contribution in [0.2, 0.25) is 0 Å². The normalized spacial score (nSPS) is 20.7. The fourth-order valence-corrected chi connectivity index (χ4v) is 2.66. The number of hydrogen-bond donors (Lipinski definition) is 1. The molecule has 1 aromatic carbocycles. The van der Waals surface area contributed by atoms with Crippen LogP contribution in [0, 0.1) is 0 Å². The zero-order valence-electron chi connectivity index (χ0n) is 10.8. The Hall–Kier alpha value is -1.22. The summed E-state index contributed by atoms with van der Waals surface area (Å²) in [6, 6.07) is 6.61. The van der Waals surface area contributed by atoms with Gasteiger partial charge in [0.05, 0.1) is 7.11 Å². The van der Waals surface area contributed by atoms with E-state index in [0.29, 0.717) is 0 Å². The first-order chi connectivity index (χ1) is 8.20. The van der Waals surface area contributed by atoms with Crippen molar-refractivity contribution in [2.45, 2.75) is 31.7 Å². The zero-order valence-corrected chi connectivity index (χ0v) is 10.8. The molecular formula is C14H22N2O. The molecule has 1 aromatic rings. The molecule has 3 heteroatoms. The molecule has 0 bridgehead atoms. The zero-order chi connectivity index (χ0) is 12.3. The van der Waals surface area contributed by atoms with Gasteiger partial charge in [0.25, 0.3) is 0 Å². The lowest BCUT2D eigenvalue weighted by Gasteiger charge is -2.19. The molecule has 0 saturated carbocycles. The van der Waals surface area contributed by atoms with Crippen LogP contribution in [0.15, 0.2) is 18.2 Å². The van der Waals surface area contributed by atoms with Crippen molar-refractivity contribution in [3.63, 3.8) is 0 Å². The number of anilines is 1. The third-order valence-corrected chi connectivity index (χ3v) is 3.72. The van der Waals surface area contributed by atoms with Crippen LogP contribution in [0.3, 0.4) is 0 Å². The molecule has 2 rings (SSSR count). The maximum atomic E-state index is 5.83. The summed E-state index contributed by atoms with van der Waals surface area (Å²) in [4.78, 5) is 2.46. The molecule has 0 amide bonds. The number of methoxy groups -OCH3 is 1. The molecule has 17 heavy (non-hydrogen) atoms. The number of nitrogens with two attached hydrogens (primary N) is 1. The molecule has 0 spiro atoms. The minimum Gasteiger partial charge on any atom is -0.496 e. The summed E-state index contributed by atoms with van der Waals surface area (Å²) in [6.07, 6.45) is 4.88. The van der Waals surface area contributed by atoms with E-state index in [-0.39, 0.29) is 0 Å². The van der Waals surface area contributed by atoms with E-state index in [1.54, 1.807) is 7.11 Å². The molecule has 0 aromatic heterocycles. The Morgan fingerprint density at radius 2 is 2.29 bits per heavy atom. The second-order valence-corrected chi connectivity index (χ2v) is 4.89. The number of rotatable bonds is 4. The van der Waals surface area contributed by atoms with E-state index < -0.39 is 0 Å². The molecule has 94 valence electrons. The van der Waals surface area contributed by atoms with Crippen LogP contribution >= 0.6 is 0 Å². The van der Waals surface area contributed by atoms with Gasteiger partial charge in [-0.2, -0.15) is 0 Å². The van der Waals surface area contributed by atoms with Crippen LogP contribution in [-0.4, -0.2) is 31.6 Å². The summed E-state index contributed by atoms with van der Waals surface area (Å²) in [6.45, 7) is 1.23. The van der Waals surface area contributed by atoms with Gasteiger partial charge in [-0.25, -0.2) is 0 Å². The van der Waals surface area contributed by atoms with Gasteiger partial charge in [0.1, 0.15) is 5.75 Å². The van der Waals surface area contributed by atoms with Crippen molar-refractivity contribution >= 4 is 5.69 Å². The second-order valence-electron chi connectivity index (χ2n) is 4.89. The van der Waals surface area contributed by atoms with Gasteiger partial charge >= 0.3 is 0 Å². The molecule has 1 unspecified atom stereocenters. The van der Waals surface area contributed by atoms with Gasteiger partial charge in [-0.05, 0) is 63.0 Å². The average molecular weight is 234 g/mol. The van der Waals surface area contributed by atoms with Crippen LogP contribution in [0.25, 0.3) is 0 Å². The van der Waals surface area contributed by atoms with Gasteiger partial charge < -0.3 is 15.4 Å². The van der Waals surface area contributed by atoms with Crippen molar-refractivity contribution in [1.82, 2.24) is 4.90 Å². The average Bonchev–Trinajstić information content (AvgIpc) is 2.72. The lowest BCUT2D eigenvalue weighted by Crippen LogP contribution is -2.25. The number of benzene rings is 1. The maximum Gasteiger partial charge on any atom is 0.122 e. The summed E-state index contributed by atoms with van der Waals surface area (Å²) >= 11 is 0. The number of nitrogens with zero attached hydrogens (tertiary/aromatic N) is 1. The molecule has 3 nitrogen and oxygen atoms in total. The number of ether oxygens (including phenoxy) is 1. The smallest absolute Gasteiger partial charge is 0.122 e. The Balaban J connectivity index is 2.00. The standard InChI is InChI=1S/C14H22N2O/c1-16-9-3-4-13(16)7-5-11-10-12(15)6-8-14(11)17-2/h6,8,10,13H,3-5,7,9,15H2,1-2H3. The predicted molar refractivity (Wildman–Crippen MR) is 71.4 cm³/mol. The topological polar surface area (TPSA) is 38.5 Å². The van der Waals surface area contributed by atoms with Crippen molar-refractivity contribution in [2.24, 2.45) is 0 Å². The van der Waals surface area contributed by atoms with E-state index in [0.717, 1.165) is 23.9 Å². The molecule has 1 saturated heterocycles. The van der Waals surface area contributed by atoms with E-state index >= 15 is 0 Å². The van der Waals surface area contributed by atoms with Gasteiger partial charge in [0.15, 0.2) is 0 Å². The number of hydrogen-bond acceptors (Lipinski definition) is 3. The molecule has 2 N–H and O–H groups in total. The first kappa shape index (κ1) is 12.2. The predicted octanol–water partition coefficient (Wildman–Crippen LogP) is 2.30. The SMILES string of the molecule is COc1ccc(N)cc1CCC1CCCN1C. The minimum absolute atomic E-state index is 0.723. The van der Waals surface area contributed by atoms with Crippen molar-refractivity contribution in [3.8, 4) is 5.75 Å². The minimum atomic E-state index is 0.723. The maximum absolute atomic E-state index is 5.83.